The van der Waals surface area contributed by atoms with Crippen LogP contribution in [0, 0.1) is 22.4 Å². The normalized spacial score (nSPS) is 9.76. The molecular weight excluding hydrogens is 316 g/mol. The average Bonchev–Trinajstić information content (AvgIpc) is 2.77. The van der Waals surface area contributed by atoms with Crippen molar-refractivity contribution in [2.24, 2.45) is 0 Å². The van der Waals surface area contributed by atoms with E-state index in [1.807, 2.05) is 0 Å². The number of rotatable bonds is 4. The number of anilines is 1. The fraction of sp³-hybridized carbons (Fsp3) is 0.167. The van der Waals surface area contributed by atoms with Crippen molar-refractivity contribution in [3.8, 4) is 0 Å². The second-order valence-corrected chi connectivity index (χ2v) is 5.06. The zero-order chi connectivity index (χ0) is 14.7. The van der Waals surface area contributed by atoms with Gasteiger partial charge in [-0.3, -0.25) is 20.3 Å². The fourth-order valence-electron chi connectivity index (χ4n) is 1.67. The van der Waals surface area contributed by atoms with E-state index in [4.69, 9.17) is 5.41 Å². The highest BCUT2D eigenvalue weighted by molar-refractivity contribution is 7.06. The van der Waals surface area contributed by atoms with Crippen molar-refractivity contribution >= 4 is 41.0 Å². The smallest absolute Gasteiger partial charge is 0.293 e. The summed E-state index contributed by atoms with van der Waals surface area (Å²) in [5.41, 5.74) is 0.767. The number of thiazole rings is 1. The molecule has 0 aliphatic rings. The summed E-state index contributed by atoms with van der Waals surface area (Å²) in [7, 11) is 0. The van der Waals surface area contributed by atoms with Gasteiger partial charge in [0.25, 0.3) is 5.69 Å². The van der Waals surface area contributed by atoms with E-state index in [0.717, 1.165) is 5.56 Å². The van der Waals surface area contributed by atoms with Crippen LogP contribution in [0.4, 0.5) is 11.4 Å². The van der Waals surface area contributed by atoms with Gasteiger partial charge in [0.15, 0.2) is 4.80 Å². The Bertz CT molecular complexity index is 725. The number of hydrogen-bond donors (Lipinski definition) is 2. The van der Waals surface area contributed by atoms with Crippen molar-refractivity contribution in [3.63, 3.8) is 0 Å². The van der Waals surface area contributed by atoms with Gasteiger partial charge in [-0.25, -0.2) is 0 Å². The summed E-state index contributed by atoms with van der Waals surface area (Å²) in [6.07, 6.45) is 1.62. The van der Waals surface area contributed by atoms with Gasteiger partial charge in [0.05, 0.1) is 4.92 Å². The van der Waals surface area contributed by atoms with Crippen molar-refractivity contribution in [2.45, 2.75) is 13.5 Å². The molecule has 0 bridgehead atoms. The maximum absolute atomic E-state index is 11.9. The van der Waals surface area contributed by atoms with Crippen LogP contribution in [-0.4, -0.2) is 15.4 Å². The first-order chi connectivity index (χ1) is 9.47. The number of aryl methyl sites for hydroxylation is 1. The third kappa shape index (κ3) is 4.14. The number of carbonyl (C=O) groups excluding carboxylic acids is 1. The largest absolute Gasteiger partial charge is 0.319 e. The summed E-state index contributed by atoms with van der Waals surface area (Å²) in [6, 6.07) is 4.60. The second-order valence-electron chi connectivity index (χ2n) is 4.16. The zero-order valence-corrected chi connectivity index (χ0v) is 12.7. The molecule has 112 valence electrons. The lowest BCUT2D eigenvalue weighted by atomic mass is 10.2. The maximum Gasteiger partial charge on any atom is 0.293 e. The van der Waals surface area contributed by atoms with E-state index < -0.39 is 10.8 Å². The van der Waals surface area contributed by atoms with Crippen molar-refractivity contribution in [2.75, 3.05) is 5.32 Å². The minimum absolute atomic E-state index is 0. The molecule has 21 heavy (non-hydrogen) atoms. The van der Waals surface area contributed by atoms with Crippen molar-refractivity contribution in [3.05, 3.63) is 50.3 Å². The molecule has 1 aromatic heterocycles. The van der Waals surface area contributed by atoms with Crippen LogP contribution in [0.1, 0.15) is 5.56 Å². The lowest BCUT2D eigenvalue weighted by molar-refractivity contribution is -0.384. The minimum atomic E-state index is -0.531. The van der Waals surface area contributed by atoms with Gasteiger partial charge < -0.3 is 9.88 Å². The van der Waals surface area contributed by atoms with E-state index in [1.165, 1.54) is 28.0 Å². The van der Waals surface area contributed by atoms with Crippen molar-refractivity contribution in [1.82, 2.24) is 4.57 Å². The van der Waals surface area contributed by atoms with Crippen molar-refractivity contribution in [1.29, 1.82) is 5.41 Å². The molecule has 0 aliphatic carbocycles. The topological polar surface area (TPSA) is 101 Å². The molecule has 0 spiro atoms. The van der Waals surface area contributed by atoms with Crippen LogP contribution in [0.25, 0.3) is 0 Å². The zero-order valence-electron chi connectivity index (χ0n) is 11.0. The summed E-state index contributed by atoms with van der Waals surface area (Å²) in [4.78, 5) is 22.5. The van der Waals surface area contributed by atoms with E-state index in [0.29, 0.717) is 0 Å². The number of aromatic nitrogens is 1. The van der Waals surface area contributed by atoms with Crippen LogP contribution in [-0.2, 0) is 11.3 Å². The highest BCUT2D eigenvalue weighted by Gasteiger charge is 2.16. The Kier molecular flexibility index (Phi) is 5.62. The monoisotopic (exact) mass is 328 g/mol. The van der Waals surface area contributed by atoms with E-state index in [1.54, 1.807) is 24.6 Å². The van der Waals surface area contributed by atoms with Crippen LogP contribution in [0.15, 0.2) is 29.8 Å². The first-order valence-electron chi connectivity index (χ1n) is 5.71. The number of nitrogens with one attached hydrogen (secondary N) is 2. The molecule has 0 saturated heterocycles. The van der Waals surface area contributed by atoms with Gasteiger partial charge in [0.1, 0.15) is 12.2 Å². The molecule has 1 aromatic carbocycles. The Balaban J connectivity index is 0.00000220. The van der Waals surface area contributed by atoms with Gasteiger partial charge >= 0.3 is 0 Å². The third-order valence-electron chi connectivity index (χ3n) is 2.62. The summed E-state index contributed by atoms with van der Waals surface area (Å²) < 4.78 is 1.46. The number of nitro groups is 1. The molecule has 0 fully saturated rings. The summed E-state index contributed by atoms with van der Waals surface area (Å²) in [5, 5.41) is 22.7. The van der Waals surface area contributed by atoms with Gasteiger partial charge in [0, 0.05) is 17.6 Å². The Hall–Kier alpha value is -2.19. The molecule has 0 radical (unpaired) electrons. The Morgan fingerprint density at radius 1 is 1.52 bits per heavy atom. The van der Waals surface area contributed by atoms with E-state index in [9.17, 15) is 14.9 Å². The molecule has 2 aromatic rings. The number of hydrogen-bond acceptors (Lipinski definition) is 5. The molecule has 1 amide bonds. The minimum Gasteiger partial charge on any atom is -0.319 e. The predicted octanol–water partition coefficient (Wildman–Crippen LogP) is 2.31. The van der Waals surface area contributed by atoms with E-state index >= 15 is 0 Å². The first kappa shape index (κ1) is 16.9. The number of halogens is 1. The number of nitro benzene ring substituents is 1. The molecule has 0 unspecified atom stereocenters. The predicted molar refractivity (Wildman–Crippen MR) is 81.9 cm³/mol. The lowest BCUT2D eigenvalue weighted by Crippen LogP contribution is -2.24. The number of benzene rings is 1. The molecule has 0 atom stereocenters. The van der Waals surface area contributed by atoms with Crippen LogP contribution in [0.3, 0.4) is 0 Å². The second kappa shape index (κ2) is 7.00. The molecule has 9 heteroatoms. The number of amides is 1. The van der Waals surface area contributed by atoms with Crippen LogP contribution >= 0.6 is 23.7 Å². The Morgan fingerprint density at radius 2 is 2.24 bits per heavy atom. The Morgan fingerprint density at radius 3 is 2.81 bits per heavy atom. The van der Waals surface area contributed by atoms with E-state index in [2.05, 4.69) is 5.32 Å². The quantitative estimate of drug-likeness (QED) is 0.665. The molecular formula is C12H13ClN4O3S. The molecule has 1 heterocycles. The molecule has 2 N–H and O–H groups in total. The summed E-state index contributed by atoms with van der Waals surface area (Å²) >= 11 is 1.20. The lowest BCUT2D eigenvalue weighted by Gasteiger charge is -2.07. The Labute approximate surface area is 130 Å². The highest BCUT2D eigenvalue weighted by Crippen LogP contribution is 2.25. The van der Waals surface area contributed by atoms with Gasteiger partial charge in [-0.05, 0) is 18.6 Å². The molecule has 7 nitrogen and oxygen atoms in total. The van der Waals surface area contributed by atoms with Gasteiger partial charge in [-0.2, -0.15) is 0 Å². The third-order valence-corrected chi connectivity index (χ3v) is 3.33. The molecule has 2 rings (SSSR count). The summed E-state index contributed by atoms with van der Waals surface area (Å²) in [6.45, 7) is 1.69. The van der Waals surface area contributed by atoms with Gasteiger partial charge in [0.2, 0.25) is 5.91 Å². The first-order valence-corrected chi connectivity index (χ1v) is 6.59. The van der Waals surface area contributed by atoms with Gasteiger partial charge in [-0.1, -0.05) is 6.07 Å². The van der Waals surface area contributed by atoms with Gasteiger partial charge in [-0.15, -0.1) is 23.7 Å². The molecule has 0 aliphatic heterocycles. The number of carbonyl (C=O) groups is 1. The standard InChI is InChI=1S/C12H12N4O3S.ClH/c1-8-2-3-9(10(6-8)16(18)19)14-11(17)7-15-4-5-20-12(15)13;/h2-6,13H,7H2,1H3,(H,14,17);1H. The SMILES string of the molecule is Cc1ccc(NC(=O)Cn2ccsc2=N)c([N+](=O)[O-])c1.Cl. The van der Waals surface area contributed by atoms with Crippen LogP contribution < -0.4 is 10.1 Å². The maximum atomic E-state index is 11.9. The van der Waals surface area contributed by atoms with Crippen molar-refractivity contribution < 1.29 is 9.72 Å². The highest BCUT2D eigenvalue weighted by atomic mass is 35.5. The van der Waals surface area contributed by atoms with Crippen LogP contribution in [0.5, 0.6) is 0 Å². The van der Waals surface area contributed by atoms with Crippen LogP contribution in [0.2, 0.25) is 0 Å². The molecule has 0 saturated carbocycles. The fourth-order valence-corrected chi connectivity index (χ4v) is 2.27. The average molecular weight is 329 g/mol. The van der Waals surface area contributed by atoms with E-state index in [-0.39, 0.29) is 35.1 Å². The summed E-state index contributed by atoms with van der Waals surface area (Å²) in [5.74, 6) is -0.408. The number of nitrogens with zero attached hydrogens (tertiary/aromatic N) is 2.